The Kier molecular flexibility index (Phi) is 5.65. The summed E-state index contributed by atoms with van der Waals surface area (Å²) in [6.07, 6.45) is -0.170. The van der Waals surface area contributed by atoms with E-state index < -0.39 is 9.53 Å². The van der Waals surface area contributed by atoms with Gasteiger partial charge in [-0.25, -0.2) is 0 Å². The lowest BCUT2D eigenvalue weighted by molar-refractivity contribution is 0.147. The van der Waals surface area contributed by atoms with E-state index in [4.69, 9.17) is 30.5 Å². The van der Waals surface area contributed by atoms with Crippen LogP contribution in [0.5, 0.6) is 11.5 Å². The maximum atomic E-state index is 5.79. The zero-order valence-corrected chi connectivity index (χ0v) is 13.4. The van der Waals surface area contributed by atoms with Gasteiger partial charge in [0.15, 0.2) is 0 Å². The van der Waals surface area contributed by atoms with Crippen LogP contribution in [-0.4, -0.2) is 22.2 Å². The molecule has 0 aliphatic heterocycles. The van der Waals surface area contributed by atoms with Crippen LogP contribution in [0, 0.1) is 0 Å². The van der Waals surface area contributed by atoms with E-state index in [2.05, 4.69) is 0 Å². The molecule has 0 bridgehead atoms. The van der Waals surface area contributed by atoms with Gasteiger partial charge >= 0.3 is 9.53 Å². The van der Waals surface area contributed by atoms with E-state index in [-0.39, 0.29) is 6.10 Å². The molecule has 2 aromatic rings. The quantitative estimate of drug-likeness (QED) is 0.529. The second kappa shape index (κ2) is 7.69. The van der Waals surface area contributed by atoms with Gasteiger partial charge in [-0.15, -0.1) is 0 Å². The predicted molar refractivity (Wildman–Crippen MR) is 88.3 cm³/mol. The van der Waals surface area contributed by atoms with E-state index >= 15 is 0 Å². The van der Waals surface area contributed by atoms with Crippen molar-refractivity contribution < 1.29 is 13.3 Å². The number of hydrogen-bond donors (Lipinski definition) is 3. The molecule has 117 valence electrons. The van der Waals surface area contributed by atoms with Crippen molar-refractivity contribution in [1.82, 2.24) is 0 Å². The van der Waals surface area contributed by atoms with Gasteiger partial charge in [-0.3, -0.25) is 0 Å². The van der Waals surface area contributed by atoms with E-state index in [1.165, 1.54) is 0 Å². The summed E-state index contributed by atoms with van der Waals surface area (Å²) in [5.74, 6) is 1.26. The average molecular weight is 318 g/mol. The maximum absolute atomic E-state index is 5.79. The van der Waals surface area contributed by atoms with Gasteiger partial charge in [0.2, 0.25) is 0 Å². The van der Waals surface area contributed by atoms with E-state index in [0.717, 1.165) is 0 Å². The molecule has 0 aliphatic rings. The van der Waals surface area contributed by atoms with Crippen molar-refractivity contribution in [3.8, 4) is 11.5 Å². The van der Waals surface area contributed by atoms with Crippen LogP contribution in [0.3, 0.4) is 0 Å². The Morgan fingerprint density at radius 3 is 1.64 bits per heavy atom. The van der Waals surface area contributed by atoms with E-state index in [1.807, 2.05) is 6.92 Å². The molecule has 0 aromatic heterocycles. The summed E-state index contributed by atoms with van der Waals surface area (Å²) in [5.41, 5.74) is 18.2. The summed E-state index contributed by atoms with van der Waals surface area (Å²) in [6.45, 7) is 2.24. The Morgan fingerprint density at radius 2 is 1.27 bits per heavy atom. The highest BCUT2D eigenvalue weighted by molar-refractivity contribution is 6.38. The first-order chi connectivity index (χ1) is 10.6. The molecule has 22 heavy (non-hydrogen) atoms. The Balaban J connectivity index is 2.07. The normalized spacial score (nSPS) is 12.1. The standard InChI is InChI=1S/C15H20N3O3Si/c1-11(10-16)19-22(20-14-6-2-12(17)3-7-14)21-15-8-4-13(18)5-9-15/h2-9,11H,10,16-18H2,1H3. The molecular weight excluding hydrogens is 298 g/mol. The summed E-state index contributed by atoms with van der Waals surface area (Å²) in [7, 11) is -2.05. The number of hydrogen-bond acceptors (Lipinski definition) is 6. The molecule has 7 heteroatoms. The molecule has 0 heterocycles. The van der Waals surface area contributed by atoms with Crippen molar-refractivity contribution in [1.29, 1.82) is 0 Å². The Labute approximate surface area is 131 Å². The van der Waals surface area contributed by atoms with Gasteiger partial charge in [-0.1, -0.05) is 0 Å². The highest BCUT2D eigenvalue weighted by Gasteiger charge is 2.27. The summed E-state index contributed by atoms with van der Waals surface area (Å²) in [5, 5.41) is 0. The van der Waals surface area contributed by atoms with Gasteiger partial charge in [0, 0.05) is 17.9 Å². The molecule has 1 unspecified atom stereocenters. The monoisotopic (exact) mass is 318 g/mol. The van der Waals surface area contributed by atoms with Crippen molar-refractivity contribution in [3.63, 3.8) is 0 Å². The van der Waals surface area contributed by atoms with Crippen LogP contribution >= 0.6 is 0 Å². The molecular formula is C15H20N3O3Si. The number of anilines is 2. The van der Waals surface area contributed by atoms with Crippen molar-refractivity contribution in [3.05, 3.63) is 48.5 Å². The Bertz CT molecular complexity index is 530. The molecule has 2 rings (SSSR count). The van der Waals surface area contributed by atoms with Gasteiger partial charge in [0.05, 0.1) is 6.10 Å². The third-order valence-electron chi connectivity index (χ3n) is 2.79. The largest absolute Gasteiger partial charge is 0.736 e. The maximum Gasteiger partial charge on any atom is 0.736 e. The number of rotatable bonds is 7. The Morgan fingerprint density at radius 1 is 0.864 bits per heavy atom. The fourth-order valence-electron chi connectivity index (χ4n) is 1.55. The molecule has 1 radical (unpaired) electrons. The lowest BCUT2D eigenvalue weighted by Crippen LogP contribution is -2.39. The molecule has 0 aliphatic carbocycles. The second-order valence-corrected chi connectivity index (χ2v) is 5.90. The third kappa shape index (κ3) is 4.96. The minimum Gasteiger partial charge on any atom is -0.489 e. The van der Waals surface area contributed by atoms with Crippen LogP contribution in [0.25, 0.3) is 0 Å². The molecule has 2 aromatic carbocycles. The van der Waals surface area contributed by atoms with Crippen LogP contribution in [-0.2, 0) is 4.43 Å². The fraction of sp³-hybridized carbons (Fsp3) is 0.200. The van der Waals surface area contributed by atoms with Crippen molar-refractivity contribution in [2.75, 3.05) is 18.0 Å². The third-order valence-corrected chi connectivity index (χ3v) is 4.19. The van der Waals surface area contributed by atoms with Crippen LogP contribution in [0.4, 0.5) is 11.4 Å². The molecule has 0 amide bonds. The number of benzene rings is 2. The predicted octanol–water partition coefficient (Wildman–Crippen LogP) is 1.66. The van der Waals surface area contributed by atoms with E-state index in [9.17, 15) is 0 Å². The van der Waals surface area contributed by atoms with Crippen LogP contribution in [0.2, 0.25) is 0 Å². The molecule has 6 N–H and O–H groups in total. The molecule has 0 spiro atoms. The first kappa shape index (κ1) is 16.2. The molecule has 0 fully saturated rings. The summed E-state index contributed by atoms with van der Waals surface area (Å²) in [6, 6.07) is 14.1. The zero-order chi connectivity index (χ0) is 15.9. The SMILES string of the molecule is CC(CN)O[Si](Oc1ccc(N)cc1)Oc1ccc(N)cc1. The summed E-state index contributed by atoms with van der Waals surface area (Å²) in [4.78, 5) is 0. The first-order valence-electron chi connectivity index (χ1n) is 6.87. The van der Waals surface area contributed by atoms with Crippen molar-refractivity contribution in [2.45, 2.75) is 13.0 Å². The highest BCUT2D eigenvalue weighted by Crippen LogP contribution is 2.18. The highest BCUT2D eigenvalue weighted by atomic mass is 28.3. The van der Waals surface area contributed by atoms with Crippen LogP contribution < -0.4 is 26.1 Å². The Hall–Kier alpha value is -2.22. The smallest absolute Gasteiger partial charge is 0.489 e. The van der Waals surface area contributed by atoms with Gasteiger partial charge < -0.3 is 30.5 Å². The lowest BCUT2D eigenvalue weighted by atomic mass is 10.3. The number of nitrogen functional groups attached to an aromatic ring is 2. The topological polar surface area (TPSA) is 106 Å². The van der Waals surface area contributed by atoms with E-state index in [0.29, 0.717) is 29.4 Å². The molecule has 6 nitrogen and oxygen atoms in total. The minimum absolute atomic E-state index is 0.170. The van der Waals surface area contributed by atoms with Crippen molar-refractivity contribution >= 4 is 20.9 Å². The average Bonchev–Trinajstić information content (AvgIpc) is 2.51. The lowest BCUT2D eigenvalue weighted by Gasteiger charge is -2.19. The van der Waals surface area contributed by atoms with Crippen molar-refractivity contribution in [2.24, 2.45) is 5.73 Å². The molecule has 1 atom stereocenters. The van der Waals surface area contributed by atoms with Crippen LogP contribution in [0.1, 0.15) is 6.92 Å². The van der Waals surface area contributed by atoms with Gasteiger partial charge in [0.1, 0.15) is 11.5 Å². The molecule has 0 saturated carbocycles. The summed E-state index contributed by atoms with van der Waals surface area (Å²) < 4.78 is 17.3. The fourth-order valence-corrected chi connectivity index (χ4v) is 2.77. The van der Waals surface area contributed by atoms with Gasteiger partial charge in [-0.05, 0) is 55.5 Å². The minimum atomic E-state index is -2.05. The number of nitrogens with two attached hydrogens (primary N) is 3. The van der Waals surface area contributed by atoms with E-state index in [1.54, 1.807) is 48.5 Å². The summed E-state index contributed by atoms with van der Waals surface area (Å²) >= 11 is 0. The first-order valence-corrected chi connectivity index (χ1v) is 8.09. The molecule has 0 saturated heterocycles. The van der Waals surface area contributed by atoms with Crippen LogP contribution in [0.15, 0.2) is 48.5 Å². The van der Waals surface area contributed by atoms with Gasteiger partial charge in [0.25, 0.3) is 0 Å². The second-order valence-electron chi connectivity index (χ2n) is 4.76. The zero-order valence-electron chi connectivity index (χ0n) is 12.4. The van der Waals surface area contributed by atoms with Gasteiger partial charge in [-0.2, -0.15) is 0 Å².